The minimum Gasteiger partial charge on any atom is -0.323 e. The van der Waals surface area contributed by atoms with Crippen LogP contribution in [-0.4, -0.2) is 34.5 Å². The zero-order valence-corrected chi connectivity index (χ0v) is 19.8. The van der Waals surface area contributed by atoms with Crippen LogP contribution in [0.2, 0.25) is 5.02 Å². The van der Waals surface area contributed by atoms with Crippen molar-refractivity contribution in [2.45, 2.75) is 45.7 Å². The molecule has 0 aliphatic heterocycles. The van der Waals surface area contributed by atoms with E-state index >= 15 is 0 Å². The van der Waals surface area contributed by atoms with E-state index in [2.05, 4.69) is 12.2 Å². The summed E-state index contributed by atoms with van der Waals surface area (Å²) in [7, 11) is 3.85. The summed E-state index contributed by atoms with van der Waals surface area (Å²) in [5.41, 5.74) is 1.52. The fourth-order valence-corrected chi connectivity index (χ4v) is 5.73. The zero-order valence-electron chi connectivity index (χ0n) is 18.2. The number of anilines is 1. The standard InChI is InChI=1S/C23H27ClN4O2S/c1-13-9-10-15-18(11-13)31-22-20(15)23(30)28(19(26-22)12-27(3)4)14(2)21(29)25-17-8-6-5-7-16(17)24/h5-8,13-14H,9-12H2,1-4H3,(H,25,29). The van der Waals surface area contributed by atoms with Crippen LogP contribution in [0.4, 0.5) is 5.69 Å². The quantitative estimate of drug-likeness (QED) is 0.611. The molecule has 2 heterocycles. The molecule has 1 aromatic carbocycles. The van der Waals surface area contributed by atoms with Crippen LogP contribution in [0.5, 0.6) is 0 Å². The number of rotatable bonds is 5. The molecule has 1 aliphatic carbocycles. The molecule has 2 atom stereocenters. The lowest BCUT2D eigenvalue weighted by atomic mass is 9.89. The Kier molecular flexibility index (Phi) is 6.19. The molecular formula is C23H27ClN4O2S. The Morgan fingerprint density at radius 3 is 2.84 bits per heavy atom. The first-order valence-electron chi connectivity index (χ1n) is 10.5. The molecule has 0 saturated heterocycles. The van der Waals surface area contributed by atoms with Crippen molar-refractivity contribution in [3.8, 4) is 0 Å². The van der Waals surface area contributed by atoms with Gasteiger partial charge in [-0.3, -0.25) is 14.2 Å². The fraction of sp³-hybridized carbons (Fsp3) is 0.435. The number of aryl methyl sites for hydroxylation is 1. The smallest absolute Gasteiger partial charge is 0.263 e. The second kappa shape index (κ2) is 8.73. The number of fused-ring (bicyclic) bond motifs is 3. The van der Waals surface area contributed by atoms with Gasteiger partial charge in [-0.15, -0.1) is 11.3 Å². The highest BCUT2D eigenvalue weighted by Gasteiger charge is 2.28. The summed E-state index contributed by atoms with van der Waals surface area (Å²) in [4.78, 5) is 35.7. The summed E-state index contributed by atoms with van der Waals surface area (Å²) in [6, 6.07) is 6.35. The van der Waals surface area contributed by atoms with Gasteiger partial charge in [-0.1, -0.05) is 30.7 Å². The summed E-state index contributed by atoms with van der Waals surface area (Å²) >= 11 is 7.84. The van der Waals surface area contributed by atoms with Crippen molar-refractivity contribution in [1.82, 2.24) is 14.5 Å². The van der Waals surface area contributed by atoms with E-state index in [0.717, 1.165) is 29.7 Å². The maximum atomic E-state index is 13.7. The summed E-state index contributed by atoms with van der Waals surface area (Å²) in [6.07, 6.45) is 2.95. The lowest BCUT2D eigenvalue weighted by Gasteiger charge is -2.21. The number of thiophene rings is 1. The van der Waals surface area contributed by atoms with Crippen molar-refractivity contribution in [2.24, 2.45) is 5.92 Å². The Bertz CT molecular complexity index is 1200. The van der Waals surface area contributed by atoms with Crippen molar-refractivity contribution in [1.29, 1.82) is 0 Å². The largest absolute Gasteiger partial charge is 0.323 e. The van der Waals surface area contributed by atoms with E-state index in [0.29, 0.717) is 34.4 Å². The highest BCUT2D eigenvalue weighted by atomic mass is 35.5. The molecule has 0 fully saturated rings. The number of nitrogens with one attached hydrogen (secondary N) is 1. The lowest BCUT2D eigenvalue weighted by Crippen LogP contribution is -2.36. The monoisotopic (exact) mass is 458 g/mol. The van der Waals surface area contributed by atoms with Crippen molar-refractivity contribution >= 4 is 44.7 Å². The maximum Gasteiger partial charge on any atom is 0.263 e. The second-order valence-corrected chi connectivity index (χ2v) is 10.1. The molecule has 0 radical (unpaired) electrons. The van der Waals surface area contributed by atoms with E-state index in [-0.39, 0.29) is 11.5 Å². The third-order valence-electron chi connectivity index (χ3n) is 5.79. The Morgan fingerprint density at radius 1 is 1.39 bits per heavy atom. The molecule has 1 aliphatic rings. The number of hydrogen-bond acceptors (Lipinski definition) is 5. The van der Waals surface area contributed by atoms with Gasteiger partial charge in [-0.05, 0) is 63.9 Å². The number of amides is 1. The number of nitrogens with zero attached hydrogens (tertiary/aromatic N) is 3. The maximum absolute atomic E-state index is 13.7. The summed E-state index contributed by atoms with van der Waals surface area (Å²) in [5, 5.41) is 4.00. The van der Waals surface area contributed by atoms with Gasteiger partial charge in [-0.25, -0.2) is 4.98 Å². The minimum atomic E-state index is -0.728. The van der Waals surface area contributed by atoms with Gasteiger partial charge in [0.05, 0.1) is 22.6 Å². The first kappa shape index (κ1) is 22.0. The Labute approximate surface area is 190 Å². The van der Waals surface area contributed by atoms with E-state index < -0.39 is 6.04 Å². The third-order valence-corrected chi connectivity index (χ3v) is 7.27. The van der Waals surface area contributed by atoms with E-state index in [1.807, 2.05) is 25.1 Å². The minimum absolute atomic E-state index is 0.129. The topological polar surface area (TPSA) is 67.2 Å². The molecule has 1 N–H and O–H groups in total. The molecule has 31 heavy (non-hydrogen) atoms. The van der Waals surface area contributed by atoms with E-state index in [4.69, 9.17) is 16.6 Å². The molecule has 6 nitrogen and oxygen atoms in total. The predicted octanol–water partition coefficient (Wildman–Crippen LogP) is 4.50. The van der Waals surface area contributed by atoms with Crippen LogP contribution in [0.1, 0.15) is 42.6 Å². The van der Waals surface area contributed by atoms with Gasteiger partial charge in [0.25, 0.3) is 5.56 Å². The Morgan fingerprint density at radius 2 is 2.13 bits per heavy atom. The molecular weight excluding hydrogens is 432 g/mol. The van der Waals surface area contributed by atoms with Crippen LogP contribution in [0.25, 0.3) is 10.2 Å². The average Bonchev–Trinajstić information content (AvgIpc) is 3.06. The Hall–Kier alpha value is -2.22. The first-order valence-corrected chi connectivity index (χ1v) is 11.7. The summed E-state index contributed by atoms with van der Waals surface area (Å²) in [6.45, 7) is 4.45. The Balaban J connectivity index is 1.81. The van der Waals surface area contributed by atoms with Crippen molar-refractivity contribution in [2.75, 3.05) is 19.4 Å². The number of benzene rings is 1. The number of hydrogen-bond donors (Lipinski definition) is 1. The second-order valence-electron chi connectivity index (χ2n) is 8.62. The molecule has 2 aromatic heterocycles. The molecule has 4 rings (SSSR count). The number of aromatic nitrogens is 2. The molecule has 164 valence electrons. The first-order chi connectivity index (χ1) is 14.8. The summed E-state index contributed by atoms with van der Waals surface area (Å²) in [5.74, 6) is 0.911. The van der Waals surface area contributed by atoms with Crippen LogP contribution in [0.3, 0.4) is 0 Å². The van der Waals surface area contributed by atoms with Gasteiger partial charge in [0, 0.05) is 4.88 Å². The fourth-order valence-electron chi connectivity index (χ4n) is 4.16. The van der Waals surface area contributed by atoms with Gasteiger partial charge in [-0.2, -0.15) is 0 Å². The molecule has 8 heteroatoms. The van der Waals surface area contributed by atoms with Gasteiger partial charge in [0.2, 0.25) is 5.91 Å². The SMILES string of the molecule is CC1CCc2c(sc3nc(CN(C)C)n(C(C)C(=O)Nc4ccccc4Cl)c(=O)c23)C1. The van der Waals surface area contributed by atoms with Crippen LogP contribution in [0.15, 0.2) is 29.1 Å². The highest BCUT2D eigenvalue weighted by molar-refractivity contribution is 7.18. The number of para-hydroxylation sites is 1. The summed E-state index contributed by atoms with van der Waals surface area (Å²) < 4.78 is 1.56. The van der Waals surface area contributed by atoms with Crippen molar-refractivity contribution in [3.05, 3.63) is 55.9 Å². The zero-order chi connectivity index (χ0) is 22.3. The molecule has 2 unspecified atom stereocenters. The average molecular weight is 459 g/mol. The highest BCUT2D eigenvalue weighted by Crippen LogP contribution is 2.36. The number of carbonyl (C=O) groups is 1. The molecule has 0 spiro atoms. The molecule has 1 amide bonds. The van der Waals surface area contributed by atoms with Gasteiger partial charge >= 0.3 is 0 Å². The predicted molar refractivity (Wildman–Crippen MR) is 127 cm³/mol. The van der Waals surface area contributed by atoms with E-state index in [1.165, 1.54) is 4.88 Å². The van der Waals surface area contributed by atoms with Gasteiger partial charge in [0.1, 0.15) is 16.7 Å². The molecule has 0 bridgehead atoms. The van der Waals surface area contributed by atoms with Crippen LogP contribution in [0, 0.1) is 5.92 Å². The normalized spacial score (nSPS) is 17.0. The van der Waals surface area contributed by atoms with Crippen LogP contribution < -0.4 is 10.9 Å². The molecule has 0 saturated carbocycles. The number of carbonyl (C=O) groups excluding carboxylic acids is 1. The van der Waals surface area contributed by atoms with E-state index in [9.17, 15) is 9.59 Å². The van der Waals surface area contributed by atoms with Crippen LogP contribution >= 0.6 is 22.9 Å². The van der Waals surface area contributed by atoms with Crippen molar-refractivity contribution < 1.29 is 4.79 Å². The molecule has 3 aromatic rings. The van der Waals surface area contributed by atoms with Crippen molar-refractivity contribution in [3.63, 3.8) is 0 Å². The van der Waals surface area contributed by atoms with Crippen LogP contribution in [-0.2, 0) is 24.2 Å². The lowest BCUT2D eigenvalue weighted by molar-refractivity contribution is -0.119. The third kappa shape index (κ3) is 4.27. The van der Waals surface area contributed by atoms with E-state index in [1.54, 1.807) is 41.0 Å². The number of halogens is 1. The van der Waals surface area contributed by atoms with Gasteiger partial charge < -0.3 is 10.2 Å². The van der Waals surface area contributed by atoms with Gasteiger partial charge in [0.15, 0.2) is 0 Å².